The number of amides is 1. The van der Waals surface area contributed by atoms with E-state index in [0.717, 1.165) is 22.0 Å². The molecule has 2 heterocycles. The first kappa shape index (κ1) is 20.2. The Bertz CT molecular complexity index is 924. The third-order valence-electron chi connectivity index (χ3n) is 4.08. The molecule has 0 aliphatic rings. The van der Waals surface area contributed by atoms with Gasteiger partial charge in [0.05, 0.1) is 30.1 Å². The van der Waals surface area contributed by atoms with Gasteiger partial charge in [-0.25, -0.2) is 4.98 Å². The van der Waals surface area contributed by atoms with Crippen LogP contribution >= 0.6 is 23.1 Å². The van der Waals surface area contributed by atoms with Crippen molar-refractivity contribution in [3.63, 3.8) is 0 Å². The summed E-state index contributed by atoms with van der Waals surface area (Å²) in [6.07, 6.45) is 2.88. The number of ketones is 1. The van der Waals surface area contributed by atoms with E-state index in [2.05, 4.69) is 22.2 Å². The Morgan fingerprint density at radius 1 is 1.11 bits per heavy atom. The van der Waals surface area contributed by atoms with Gasteiger partial charge >= 0.3 is 0 Å². The Balaban J connectivity index is 1.45. The van der Waals surface area contributed by atoms with Crippen LogP contribution in [0.2, 0.25) is 0 Å². The quantitative estimate of drug-likeness (QED) is 0.427. The third kappa shape index (κ3) is 6.00. The Labute approximate surface area is 172 Å². The van der Waals surface area contributed by atoms with Crippen molar-refractivity contribution >= 4 is 34.8 Å². The van der Waals surface area contributed by atoms with Crippen molar-refractivity contribution in [2.45, 2.75) is 30.6 Å². The summed E-state index contributed by atoms with van der Waals surface area (Å²) in [4.78, 5) is 33.0. The van der Waals surface area contributed by atoms with Crippen LogP contribution in [0.15, 0.2) is 58.4 Å². The van der Waals surface area contributed by atoms with Gasteiger partial charge in [-0.2, -0.15) is 0 Å². The summed E-state index contributed by atoms with van der Waals surface area (Å²) in [6, 6.07) is 13.3. The van der Waals surface area contributed by atoms with Gasteiger partial charge in [0.2, 0.25) is 5.91 Å². The number of thiazole rings is 1. The fourth-order valence-electron chi connectivity index (χ4n) is 2.49. The number of thioether (sulfide) groups is 1. The first-order valence-corrected chi connectivity index (χ1v) is 10.9. The summed E-state index contributed by atoms with van der Waals surface area (Å²) in [5.41, 5.74) is 3.46. The standard InChI is InChI=1S/C21H21N3O2S2/c1-2-15-6-8-16(9-7-15)19(25)14-28-21-24-18(13-27-21)11-20(26)23-12-17-5-3-4-10-22-17/h3-10,13H,2,11-12,14H2,1H3,(H,23,26). The molecular formula is C21H21N3O2S2. The highest BCUT2D eigenvalue weighted by molar-refractivity contribution is 8.01. The van der Waals surface area contributed by atoms with Gasteiger partial charge in [0.1, 0.15) is 0 Å². The van der Waals surface area contributed by atoms with Gasteiger partial charge in [-0.3, -0.25) is 14.6 Å². The van der Waals surface area contributed by atoms with Crippen LogP contribution in [0.5, 0.6) is 0 Å². The average molecular weight is 412 g/mol. The Kier molecular flexibility index (Phi) is 7.33. The lowest BCUT2D eigenvalue weighted by atomic mass is 10.1. The molecule has 7 heteroatoms. The summed E-state index contributed by atoms with van der Waals surface area (Å²) in [6.45, 7) is 2.49. The molecule has 0 aliphatic carbocycles. The van der Waals surface area contributed by atoms with Crippen LogP contribution in [0.4, 0.5) is 0 Å². The van der Waals surface area contributed by atoms with E-state index >= 15 is 0 Å². The molecule has 0 unspecified atom stereocenters. The van der Waals surface area contributed by atoms with E-state index in [-0.39, 0.29) is 18.1 Å². The van der Waals surface area contributed by atoms with Crippen LogP contribution in [0.3, 0.4) is 0 Å². The molecule has 28 heavy (non-hydrogen) atoms. The number of carbonyl (C=O) groups is 2. The molecule has 3 rings (SSSR count). The van der Waals surface area contributed by atoms with Crippen LogP contribution in [0.1, 0.15) is 34.2 Å². The minimum Gasteiger partial charge on any atom is -0.350 e. The van der Waals surface area contributed by atoms with Gasteiger partial charge in [0, 0.05) is 17.1 Å². The molecule has 1 aromatic carbocycles. The minimum atomic E-state index is -0.0976. The first-order chi connectivity index (χ1) is 13.6. The number of aryl methyl sites for hydroxylation is 1. The van der Waals surface area contributed by atoms with Gasteiger partial charge in [-0.15, -0.1) is 11.3 Å². The van der Waals surface area contributed by atoms with Gasteiger partial charge in [-0.1, -0.05) is 49.0 Å². The highest BCUT2D eigenvalue weighted by Crippen LogP contribution is 2.24. The van der Waals surface area contributed by atoms with Crippen LogP contribution in [-0.4, -0.2) is 27.4 Å². The van der Waals surface area contributed by atoms with Gasteiger partial charge in [0.25, 0.3) is 0 Å². The fourth-order valence-corrected chi connectivity index (χ4v) is 4.23. The molecule has 2 aromatic heterocycles. The van der Waals surface area contributed by atoms with Gasteiger partial charge in [0.15, 0.2) is 10.1 Å². The number of nitrogens with one attached hydrogen (secondary N) is 1. The summed E-state index contributed by atoms with van der Waals surface area (Å²) >= 11 is 2.86. The van der Waals surface area contributed by atoms with E-state index in [9.17, 15) is 9.59 Å². The summed E-state index contributed by atoms with van der Waals surface area (Å²) in [5, 5.41) is 4.70. The minimum absolute atomic E-state index is 0.0810. The van der Waals surface area contributed by atoms with Crippen LogP contribution in [-0.2, 0) is 24.2 Å². The molecular weight excluding hydrogens is 390 g/mol. The first-order valence-electron chi connectivity index (χ1n) is 9.00. The van der Waals surface area contributed by atoms with Crippen molar-refractivity contribution in [3.8, 4) is 0 Å². The number of nitrogens with zero attached hydrogens (tertiary/aromatic N) is 2. The highest BCUT2D eigenvalue weighted by Gasteiger charge is 2.11. The molecule has 1 N–H and O–H groups in total. The van der Waals surface area contributed by atoms with Crippen LogP contribution in [0, 0.1) is 0 Å². The number of Topliss-reactive ketones (excluding diaryl/α,β-unsaturated/α-hetero) is 1. The molecule has 0 fully saturated rings. The molecule has 0 atom stereocenters. The van der Waals surface area contributed by atoms with E-state index in [1.807, 2.05) is 47.8 Å². The fraction of sp³-hybridized carbons (Fsp3) is 0.238. The smallest absolute Gasteiger partial charge is 0.226 e. The lowest BCUT2D eigenvalue weighted by Gasteiger charge is -2.03. The maximum absolute atomic E-state index is 12.3. The molecule has 0 radical (unpaired) electrons. The molecule has 0 bridgehead atoms. The van der Waals surface area contributed by atoms with E-state index in [1.165, 1.54) is 28.7 Å². The Morgan fingerprint density at radius 2 is 1.93 bits per heavy atom. The van der Waals surface area contributed by atoms with E-state index in [4.69, 9.17) is 0 Å². The second-order valence-electron chi connectivity index (χ2n) is 6.14. The van der Waals surface area contributed by atoms with E-state index < -0.39 is 0 Å². The molecule has 0 spiro atoms. The van der Waals surface area contributed by atoms with Gasteiger partial charge < -0.3 is 5.32 Å². The lowest BCUT2D eigenvalue weighted by Crippen LogP contribution is -2.25. The van der Waals surface area contributed by atoms with Crippen LogP contribution < -0.4 is 5.32 Å². The third-order valence-corrected chi connectivity index (χ3v) is 6.15. The number of benzene rings is 1. The summed E-state index contributed by atoms with van der Waals surface area (Å²) in [7, 11) is 0. The number of pyridine rings is 1. The maximum atomic E-state index is 12.3. The normalized spacial score (nSPS) is 10.6. The molecule has 0 aliphatic heterocycles. The number of carbonyl (C=O) groups excluding carboxylic acids is 2. The lowest BCUT2D eigenvalue weighted by molar-refractivity contribution is -0.120. The zero-order valence-corrected chi connectivity index (χ0v) is 17.2. The second-order valence-corrected chi connectivity index (χ2v) is 8.22. The predicted molar refractivity (Wildman–Crippen MR) is 113 cm³/mol. The molecule has 1 amide bonds. The number of hydrogen-bond donors (Lipinski definition) is 1. The molecule has 144 valence electrons. The number of aromatic nitrogens is 2. The van der Waals surface area contributed by atoms with Crippen molar-refractivity contribution in [1.82, 2.24) is 15.3 Å². The maximum Gasteiger partial charge on any atom is 0.226 e. The average Bonchev–Trinajstić information content (AvgIpc) is 3.18. The zero-order chi connectivity index (χ0) is 19.8. The SMILES string of the molecule is CCc1ccc(C(=O)CSc2nc(CC(=O)NCc3ccccn3)cs2)cc1. The van der Waals surface area contributed by atoms with E-state index in [0.29, 0.717) is 18.0 Å². The summed E-state index contributed by atoms with van der Waals surface area (Å²) < 4.78 is 0.797. The topological polar surface area (TPSA) is 72.0 Å². The van der Waals surface area contributed by atoms with Crippen molar-refractivity contribution in [2.24, 2.45) is 0 Å². The largest absolute Gasteiger partial charge is 0.350 e. The second kappa shape index (κ2) is 10.1. The molecule has 3 aromatic rings. The van der Waals surface area contributed by atoms with Crippen molar-refractivity contribution in [2.75, 3.05) is 5.75 Å². The Morgan fingerprint density at radius 3 is 2.64 bits per heavy atom. The Hall–Kier alpha value is -2.51. The van der Waals surface area contributed by atoms with E-state index in [1.54, 1.807) is 6.20 Å². The summed E-state index contributed by atoms with van der Waals surface area (Å²) in [5.74, 6) is 0.321. The van der Waals surface area contributed by atoms with Crippen molar-refractivity contribution < 1.29 is 9.59 Å². The number of rotatable bonds is 9. The highest BCUT2D eigenvalue weighted by atomic mass is 32.2. The predicted octanol–water partition coefficient (Wildman–Crippen LogP) is 3.93. The van der Waals surface area contributed by atoms with Crippen LogP contribution in [0.25, 0.3) is 0 Å². The van der Waals surface area contributed by atoms with Crippen molar-refractivity contribution in [3.05, 3.63) is 76.6 Å². The monoisotopic (exact) mass is 411 g/mol. The molecule has 5 nitrogen and oxygen atoms in total. The zero-order valence-electron chi connectivity index (χ0n) is 15.6. The number of hydrogen-bond acceptors (Lipinski definition) is 6. The van der Waals surface area contributed by atoms with Crippen molar-refractivity contribution in [1.29, 1.82) is 0 Å². The van der Waals surface area contributed by atoms with Gasteiger partial charge in [-0.05, 0) is 24.1 Å². The molecule has 0 saturated heterocycles. The molecule has 0 saturated carbocycles.